The molecule has 2 aromatic rings. The van der Waals surface area contributed by atoms with Crippen molar-refractivity contribution in [2.45, 2.75) is 13.8 Å². The van der Waals surface area contributed by atoms with E-state index >= 15 is 0 Å². The Kier molecular flexibility index (Phi) is 4.03. The Morgan fingerprint density at radius 3 is 2.15 bits per heavy atom. The lowest BCUT2D eigenvalue weighted by Gasteiger charge is -2.10. The lowest BCUT2D eigenvalue weighted by atomic mass is 10.0. The van der Waals surface area contributed by atoms with Gasteiger partial charge in [-0.2, -0.15) is 0 Å². The van der Waals surface area contributed by atoms with E-state index in [1.54, 1.807) is 44.4 Å². The third kappa shape index (κ3) is 2.96. The third-order valence-corrected chi connectivity index (χ3v) is 2.91. The van der Waals surface area contributed by atoms with E-state index in [1.165, 1.54) is 13.0 Å². The number of aryl methyl sites for hydroxylation is 1. The van der Waals surface area contributed by atoms with Gasteiger partial charge in [-0.25, -0.2) is 4.39 Å². The van der Waals surface area contributed by atoms with Gasteiger partial charge in [0.1, 0.15) is 23.1 Å². The number of benzene rings is 2. The highest BCUT2D eigenvalue weighted by Gasteiger charge is 2.13. The van der Waals surface area contributed by atoms with Crippen molar-refractivity contribution < 1.29 is 18.7 Å². The highest BCUT2D eigenvalue weighted by atomic mass is 19.1. The molecule has 2 rings (SSSR count). The summed E-state index contributed by atoms with van der Waals surface area (Å²) < 4.78 is 24.5. The van der Waals surface area contributed by atoms with Crippen LogP contribution in [0.2, 0.25) is 0 Å². The molecule has 0 aromatic heterocycles. The number of ketones is 1. The molecule has 0 atom stereocenters. The van der Waals surface area contributed by atoms with Crippen molar-refractivity contribution in [1.29, 1.82) is 0 Å². The van der Waals surface area contributed by atoms with Crippen molar-refractivity contribution in [3.63, 3.8) is 0 Å². The van der Waals surface area contributed by atoms with Crippen LogP contribution in [-0.2, 0) is 0 Å². The van der Waals surface area contributed by atoms with Crippen LogP contribution in [0.1, 0.15) is 22.8 Å². The minimum Gasteiger partial charge on any atom is -0.497 e. The van der Waals surface area contributed by atoms with E-state index in [9.17, 15) is 9.18 Å². The van der Waals surface area contributed by atoms with Crippen molar-refractivity contribution >= 4 is 5.78 Å². The molecule has 0 aliphatic carbocycles. The van der Waals surface area contributed by atoms with E-state index in [1.807, 2.05) is 0 Å². The monoisotopic (exact) mass is 274 g/mol. The number of halogens is 1. The summed E-state index contributed by atoms with van der Waals surface area (Å²) in [6.07, 6.45) is 0. The van der Waals surface area contributed by atoms with Gasteiger partial charge in [-0.15, -0.1) is 0 Å². The summed E-state index contributed by atoms with van der Waals surface area (Å²) >= 11 is 0. The van der Waals surface area contributed by atoms with Gasteiger partial charge in [-0.1, -0.05) is 0 Å². The minimum atomic E-state index is -0.569. The Labute approximate surface area is 117 Å². The van der Waals surface area contributed by atoms with E-state index in [0.717, 1.165) is 0 Å². The predicted molar refractivity (Wildman–Crippen MR) is 74.2 cm³/mol. The van der Waals surface area contributed by atoms with Crippen molar-refractivity contribution in [1.82, 2.24) is 0 Å². The molecule has 0 N–H and O–H groups in total. The van der Waals surface area contributed by atoms with Crippen LogP contribution < -0.4 is 9.47 Å². The Hall–Kier alpha value is -2.36. The average Bonchev–Trinajstić information content (AvgIpc) is 2.38. The molecule has 0 saturated carbocycles. The van der Waals surface area contributed by atoms with Crippen LogP contribution in [0.15, 0.2) is 36.4 Å². The maximum Gasteiger partial charge on any atom is 0.163 e. The Bertz CT molecular complexity index is 610. The minimum absolute atomic E-state index is 0.104. The molecular weight excluding hydrogens is 259 g/mol. The van der Waals surface area contributed by atoms with Gasteiger partial charge in [0, 0.05) is 6.07 Å². The number of hydrogen-bond acceptors (Lipinski definition) is 3. The zero-order chi connectivity index (χ0) is 14.7. The maximum atomic E-state index is 13.9. The zero-order valence-corrected chi connectivity index (χ0v) is 11.6. The zero-order valence-electron chi connectivity index (χ0n) is 11.6. The molecule has 0 amide bonds. The van der Waals surface area contributed by atoms with Gasteiger partial charge in [0.25, 0.3) is 0 Å². The number of carbonyl (C=O) groups is 1. The summed E-state index contributed by atoms with van der Waals surface area (Å²) in [6.45, 7) is 3.02. The van der Waals surface area contributed by atoms with Gasteiger partial charge in [-0.05, 0) is 49.7 Å². The fourth-order valence-corrected chi connectivity index (χ4v) is 2.00. The Morgan fingerprint density at radius 1 is 1.05 bits per heavy atom. The first-order chi connectivity index (χ1) is 9.51. The molecule has 0 heterocycles. The van der Waals surface area contributed by atoms with Crippen LogP contribution in [0.5, 0.6) is 17.2 Å². The van der Waals surface area contributed by atoms with Crippen LogP contribution in [0.3, 0.4) is 0 Å². The SMILES string of the molecule is COc1ccc(Oc2cc(C)c(C(C)=O)c(F)c2)cc1. The maximum absolute atomic E-state index is 13.9. The molecule has 0 fully saturated rings. The van der Waals surface area contributed by atoms with Gasteiger partial charge in [0.15, 0.2) is 5.78 Å². The first-order valence-corrected chi connectivity index (χ1v) is 6.14. The summed E-state index contributed by atoms with van der Waals surface area (Å²) in [5.74, 6) is 0.777. The molecule has 4 heteroatoms. The van der Waals surface area contributed by atoms with Gasteiger partial charge in [0.2, 0.25) is 0 Å². The van der Waals surface area contributed by atoms with Gasteiger partial charge in [0.05, 0.1) is 12.7 Å². The fourth-order valence-electron chi connectivity index (χ4n) is 2.00. The molecule has 2 aromatic carbocycles. The van der Waals surface area contributed by atoms with Crippen molar-refractivity contribution in [3.8, 4) is 17.2 Å². The quantitative estimate of drug-likeness (QED) is 0.786. The first kappa shape index (κ1) is 14.1. The highest BCUT2D eigenvalue weighted by molar-refractivity contribution is 5.95. The average molecular weight is 274 g/mol. The molecule has 20 heavy (non-hydrogen) atoms. The van der Waals surface area contributed by atoms with Crippen molar-refractivity contribution in [3.05, 3.63) is 53.3 Å². The number of ether oxygens (including phenoxy) is 2. The molecule has 0 unspecified atom stereocenters. The standard InChI is InChI=1S/C16H15FO3/c1-10-8-14(9-15(17)16(10)11(2)18)20-13-6-4-12(19-3)5-7-13/h4-9H,1-3H3. The summed E-state index contributed by atoms with van der Waals surface area (Å²) in [5.41, 5.74) is 0.660. The normalized spacial score (nSPS) is 10.2. The van der Waals surface area contributed by atoms with Gasteiger partial charge >= 0.3 is 0 Å². The molecule has 0 aliphatic heterocycles. The third-order valence-electron chi connectivity index (χ3n) is 2.91. The molecule has 0 saturated heterocycles. The predicted octanol–water partition coefficient (Wildman–Crippen LogP) is 4.14. The van der Waals surface area contributed by atoms with E-state index in [0.29, 0.717) is 22.8 Å². The second kappa shape index (κ2) is 5.74. The van der Waals surface area contributed by atoms with Crippen LogP contribution in [0, 0.1) is 12.7 Å². The van der Waals surface area contributed by atoms with E-state index in [2.05, 4.69) is 0 Å². The number of hydrogen-bond donors (Lipinski definition) is 0. The summed E-state index contributed by atoms with van der Waals surface area (Å²) in [6, 6.07) is 9.82. The molecule has 0 spiro atoms. The Morgan fingerprint density at radius 2 is 1.65 bits per heavy atom. The second-order valence-corrected chi connectivity index (χ2v) is 4.43. The highest BCUT2D eigenvalue weighted by Crippen LogP contribution is 2.27. The van der Waals surface area contributed by atoms with Crippen LogP contribution in [-0.4, -0.2) is 12.9 Å². The number of methoxy groups -OCH3 is 1. The first-order valence-electron chi connectivity index (χ1n) is 6.14. The fraction of sp³-hybridized carbons (Fsp3) is 0.188. The lowest BCUT2D eigenvalue weighted by molar-refractivity contribution is 0.101. The summed E-state index contributed by atoms with van der Waals surface area (Å²) in [4.78, 5) is 11.3. The Balaban J connectivity index is 2.27. The largest absolute Gasteiger partial charge is 0.497 e. The molecule has 0 radical (unpaired) electrons. The molecule has 3 nitrogen and oxygen atoms in total. The second-order valence-electron chi connectivity index (χ2n) is 4.43. The molecule has 104 valence electrons. The van der Waals surface area contributed by atoms with Gasteiger partial charge in [-0.3, -0.25) is 4.79 Å². The number of rotatable bonds is 4. The van der Waals surface area contributed by atoms with Gasteiger partial charge < -0.3 is 9.47 Å². The van der Waals surface area contributed by atoms with Crippen LogP contribution >= 0.6 is 0 Å². The molecule has 0 aliphatic rings. The van der Waals surface area contributed by atoms with Crippen molar-refractivity contribution in [2.24, 2.45) is 0 Å². The number of carbonyl (C=O) groups excluding carboxylic acids is 1. The lowest BCUT2D eigenvalue weighted by Crippen LogP contribution is -2.01. The van der Waals surface area contributed by atoms with E-state index < -0.39 is 5.82 Å². The van der Waals surface area contributed by atoms with E-state index in [-0.39, 0.29) is 11.3 Å². The number of Topliss-reactive ketones (excluding diaryl/α,β-unsaturated/α-hetero) is 1. The van der Waals surface area contributed by atoms with E-state index in [4.69, 9.17) is 9.47 Å². The molecular formula is C16H15FO3. The smallest absolute Gasteiger partial charge is 0.163 e. The summed E-state index contributed by atoms with van der Waals surface area (Å²) in [5, 5.41) is 0. The topological polar surface area (TPSA) is 35.5 Å². The molecule has 0 bridgehead atoms. The summed E-state index contributed by atoms with van der Waals surface area (Å²) in [7, 11) is 1.58. The van der Waals surface area contributed by atoms with Crippen LogP contribution in [0.4, 0.5) is 4.39 Å². The van der Waals surface area contributed by atoms with Crippen molar-refractivity contribution in [2.75, 3.05) is 7.11 Å². The van der Waals surface area contributed by atoms with Crippen LogP contribution in [0.25, 0.3) is 0 Å².